The molecule has 0 fully saturated rings. The number of unbranched alkanes of at least 4 members (excludes halogenated alkanes) is 22. The van der Waals surface area contributed by atoms with E-state index in [1.807, 2.05) is 30.3 Å². The van der Waals surface area contributed by atoms with E-state index < -0.39 is 5.97 Å². The summed E-state index contributed by atoms with van der Waals surface area (Å²) in [4.78, 5) is 22.3. The topological polar surface area (TPSA) is 63.6 Å². The van der Waals surface area contributed by atoms with Gasteiger partial charge in [0.1, 0.15) is 5.75 Å². The number of carbonyl (C=O) groups excluding carboxylic acids is 1. The number of esters is 1. The standard InChI is InChI=1S/C33H56O4/c34-32(35)29-25-20-18-16-14-12-10-8-6-4-2-1-3-5-7-9-11-13-15-17-19-21-26-30-33(36)37-31-27-23-22-24-28-31/h22-24,27-28H,1-21,25-26,29-30H2,(H,34,35). The number of hydrogen-bond acceptors (Lipinski definition) is 3. The maximum absolute atomic E-state index is 11.8. The lowest BCUT2D eigenvalue weighted by atomic mass is 10.0. The number of rotatable bonds is 27. The number of carboxylic acids is 1. The highest BCUT2D eigenvalue weighted by atomic mass is 16.5. The summed E-state index contributed by atoms with van der Waals surface area (Å²) in [6.45, 7) is 0. The predicted molar refractivity (Wildman–Crippen MR) is 155 cm³/mol. The van der Waals surface area contributed by atoms with Crippen molar-refractivity contribution in [1.29, 1.82) is 0 Å². The van der Waals surface area contributed by atoms with Crippen LogP contribution in [0.1, 0.15) is 161 Å². The fraction of sp³-hybridized carbons (Fsp3) is 0.758. The SMILES string of the molecule is O=C(O)CCCCCCCCCCCCCCCCCCCCCCCCCC(=O)Oc1ccccc1. The molecule has 0 atom stereocenters. The molecular weight excluding hydrogens is 460 g/mol. The number of ether oxygens (including phenoxy) is 1. The van der Waals surface area contributed by atoms with Gasteiger partial charge in [-0.3, -0.25) is 9.59 Å². The van der Waals surface area contributed by atoms with Crippen molar-refractivity contribution in [2.24, 2.45) is 0 Å². The summed E-state index contributed by atoms with van der Waals surface area (Å²) in [6, 6.07) is 9.33. The molecule has 1 rings (SSSR count). The number of hydrogen-bond donors (Lipinski definition) is 1. The van der Waals surface area contributed by atoms with Crippen LogP contribution in [0.3, 0.4) is 0 Å². The second-order valence-electron chi connectivity index (χ2n) is 10.8. The Labute approximate surface area is 228 Å². The van der Waals surface area contributed by atoms with Gasteiger partial charge < -0.3 is 9.84 Å². The molecule has 1 aromatic rings. The highest BCUT2D eigenvalue weighted by Crippen LogP contribution is 2.16. The maximum Gasteiger partial charge on any atom is 0.311 e. The van der Waals surface area contributed by atoms with Crippen LogP contribution in [0, 0.1) is 0 Å². The fourth-order valence-electron chi connectivity index (χ4n) is 4.93. The Bertz CT molecular complexity index is 643. The van der Waals surface area contributed by atoms with Gasteiger partial charge in [0, 0.05) is 12.8 Å². The van der Waals surface area contributed by atoms with Crippen LogP contribution in [0.2, 0.25) is 0 Å². The zero-order valence-corrected chi connectivity index (χ0v) is 23.7. The highest BCUT2D eigenvalue weighted by Gasteiger charge is 2.04. The van der Waals surface area contributed by atoms with E-state index in [1.165, 1.54) is 122 Å². The molecule has 4 nitrogen and oxygen atoms in total. The number of aliphatic carboxylic acids is 1. The summed E-state index contributed by atoms with van der Waals surface area (Å²) < 4.78 is 5.32. The first-order valence-corrected chi connectivity index (χ1v) is 15.7. The zero-order valence-electron chi connectivity index (χ0n) is 23.7. The van der Waals surface area contributed by atoms with E-state index >= 15 is 0 Å². The minimum Gasteiger partial charge on any atom is -0.481 e. The second kappa shape index (κ2) is 25.8. The van der Waals surface area contributed by atoms with Crippen LogP contribution in [-0.4, -0.2) is 17.0 Å². The first-order chi connectivity index (χ1) is 18.2. The molecule has 0 unspecified atom stereocenters. The van der Waals surface area contributed by atoms with Gasteiger partial charge in [-0.05, 0) is 25.0 Å². The molecule has 37 heavy (non-hydrogen) atoms. The first kappa shape index (κ1) is 33.2. The van der Waals surface area contributed by atoms with Crippen LogP contribution in [0.25, 0.3) is 0 Å². The van der Waals surface area contributed by atoms with Crippen molar-refractivity contribution in [3.63, 3.8) is 0 Å². The molecule has 0 aromatic heterocycles. The molecule has 0 aliphatic rings. The largest absolute Gasteiger partial charge is 0.481 e. The smallest absolute Gasteiger partial charge is 0.311 e. The number of para-hydroxylation sites is 1. The van der Waals surface area contributed by atoms with Crippen molar-refractivity contribution < 1.29 is 19.4 Å². The molecule has 212 valence electrons. The van der Waals surface area contributed by atoms with Gasteiger partial charge >= 0.3 is 11.9 Å². The number of benzene rings is 1. The summed E-state index contributed by atoms with van der Waals surface area (Å²) in [5.41, 5.74) is 0. The van der Waals surface area contributed by atoms with Gasteiger partial charge in [0.2, 0.25) is 0 Å². The highest BCUT2D eigenvalue weighted by molar-refractivity contribution is 5.72. The molecule has 4 heteroatoms. The van der Waals surface area contributed by atoms with Gasteiger partial charge in [0.05, 0.1) is 0 Å². The fourth-order valence-corrected chi connectivity index (χ4v) is 4.93. The van der Waals surface area contributed by atoms with Crippen LogP contribution in [0.5, 0.6) is 5.75 Å². The van der Waals surface area contributed by atoms with Crippen molar-refractivity contribution in [3.8, 4) is 5.75 Å². The normalized spacial score (nSPS) is 11.0. The van der Waals surface area contributed by atoms with Gasteiger partial charge in [-0.25, -0.2) is 0 Å². The van der Waals surface area contributed by atoms with Gasteiger partial charge in [0.25, 0.3) is 0 Å². The lowest BCUT2D eigenvalue weighted by Crippen LogP contribution is -2.07. The number of carbonyl (C=O) groups is 2. The Morgan fingerprint density at radius 2 is 0.757 bits per heavy atom. The second-order valence-corrected chi connectivity index (χ2v) is 10.8. The van der Waals surface area contributed by atoms with E-state index in [1.54, 1.807) is 0 Å². The summed E-state index contributed by atoms with van der Waals surface area (Å²) in [5, 5.41) is 8.62. The van der Waals surface area contributed by atoms with Crippen LogP contribution in [0.15, 0.2) is 30.3 Å². The molecule has 0 spiro atoms. The predicted octanol–water partition coefficient (Wildman–Crippen LogP) is 10.4. The van der Waals surface area contributed by atoms with E-state index in [0.717, 1.165) is 25.7 Å². The van der Waals surface area contributed by atoms with E-state index in [4.69, 9.17) is 9.84 Å². The average molecular weight is 517 g/mol. The van der Waals surface area contributed by atoms with E-state index in [2.05, 4.69) is 0 Å². The third kappa shape index (κ3) is 24.3. The average Bonchev–Trinajstić information content (AvgIpc) is 2.89. The number of carboxylic acid groups (broad SMARTS) is 1. The van der Waals surface area contributed by atoms with Crippen molar-refractivity contribution in [2.45, 2.75) is 161 Å². The van der Waals surface area contributed by atoms with Crippen molar-refractivity contribution in [3.05, 3.63) is 30.3 Å². The molecule has 0 saturated heterocycles. The van der Waals surface area contributed by atoms with Crippen molar-refractivity contribution in [2.75, 3.05) is 0 Å². The lowest BCUT2D eigenvalue weighted by Gasteiger charge is -2.05. The molecule has 0 aliphatic heterocycles. The Morgan fingerprint density at radius 3 is 1.08 bits per heavy atom. The third-order valence-corrected chi connectivity index (χ3v) is 7.25. The van der Waals surface area contributed by atoms with Crippen LogP contribution < -0.4 is 4.74 Å². The van der Waals surface area contributed by atoms with E-state index in [9.17, 15) is 9.59 Å². The minimum atomic E-state index is -0.660. The quantitative estimate of drug-likeness (QED) is 0.0717. The van der Waals surface area contributed by atoms with Crippen LogP contribution >= 0.6 is 0 Å². The van der Waals surface area contributed by atoms with Crippen molar-refractivity contribution in [1.82, 2.24) is 0 Å². The van der Waals surface area contributed by atoms with E-state index in [-0.39, 0.29) is 5.97 Å². The summed E-state index contributed by atoms with van der Waals surface area (Å²) in [5.74, 6) is -0.129. The Hall–Kier alpha value is -1.84. The summed E-state index contributed by atoms with van der Waals surface area (Å²) >= 11 is 0. The maximum atomic E-state index is 11.8. The van der Waals surface area contributed by atoms with Gasteiger partial charge in [-0.1, -0.05) is 153 Å². The van der Waals surface area contributed by atoms with Crippen molar-refractivity contribution >= 4 is 11.9 Å². The summed E-state index contributed by atoms with van der Waals surface area (Å²) in [6.07, 6.45) is 30.6. The molecule has 0 amide bonds. The zero-order chi connectivity index (χ0) is 26.7. The summed E-state index contributed by atoms with van der Waals surface area (Å²) in [7, 11) is 0. The molecule has 1 N–H and O–H groups in total. The monoisotopic (exact) mass is 516 g/mol. The molecule has 0 saturated carbocycles. The van der Waals surface area contributed by atoms with Crippen LogP contribution in [0.4, 0.5) is 0 Å². The van der Waals surface area contributed by atoms with Gasteiger partial charge in [0.15, 0.2) is 0 Å². The lowest BCUT2D eigenvalue weighted by molar-refractivity contribution is -0.137. The van der Waals surface area contributed by atoms with Gasteiger partial charge in [-0.15, -0.1) is 0 Å². The Morgan fingerprint density at radius 1 is 0.459 bits per heavy atom. The molecule has 0 heterocycles. The molecule has 0 bridgehead atoms. The molecule has 1 aromatic carbocycles. The minimum absolute atomic E-state index is 0.114. The van der Waals surface area contributed by atoms with E-state index in [0.29, 0.717) is 18.6 Å². The van der Waals surface area contributed by atoms with Gasteiger partial charge in [-0.2, -0.15) is 0 Å². The third-order valence-electron chi connectivity index (χ3n) is 7.25. The van der Waals surface area contributed by atoms with Crippen LogP contribution in [-0.2, 0) is 9.59 Å². The Balaban J connectivity index is 1.68. The first-order valence-electron chi connectivity index (χ1n) is 15.7. The molecular formula is C33H56O4. The molecule has 0 radical (unpaired) electrons. The molecule has 0 aliphatic carbocycles. The Kier molecular flexibility index (Phi) is 23.1.